The van der Waals surface area contributed by atoms with Gasteiger partial charge in [-0.1, -0.05) is 32.0 Å². The standard InChI is InChI=1S/C23H27FN4O/c1-17(2)14-28(23(29)21-10-5-6-11-22(21)24)19-9-7-8-18(12-19)26(3)15-20-13-25-16-27(20)4/h5-13,16-17H,14-15H2,1-4H3. The monoisotopic (exact) mass is 394 g/mol. The maximum Gasteiger partial charge on any atom is 0.261 e. The highest BCUT2D eigenvalue weighted by Crippen LogP contribution is 2.26. The quantitative estimate of drug-likeness (QED) is 0.593. The van der Waals surface area contributed by atoms with Gasteiger partial charge in [-0.05, 0) is 36.2 Å². The van der Waals surface area contributed by atoms with Gasteiger partial charge in [-0.3, -0.25) is 4.79 Å². The van der Waals surface area contributed by atoms with Crippen LogP contribution in [0.1, 0.15) is 29.9 Å². The maximum absolute atomic E-state index is 14.2. The number of carbonyl (C=O) groups is 1. The molecule has 1 heterocycles. The molecule has 0 unspecified atom stereocenters. The van der Waals surface area contributed by atoms with Gasteiger partial charge in [0.05, 0.1) is 24.1 Å². The lowest BCUT2D eigenvalue weighted by molar-refractivity contribution is 0.0980. The van der Waals surface area contributed by atoms with Gasteiger partial charge in [0.25, 0.3) is 5.91 Å². The van der Waals surface area contributed by atoms with Crippen molar-refractivity contribution in [3.8, 4) is 0 Å². The molecule has 6 heteroatoms. The van der Waals surface area contributed by atoms with Gasteiger partial charge in [0.2, 0.25) is 0 Å². The van der Waals surface area contributed by atoms with E-state index in [9.17, 15) is 9.18 Å². The molecular formula is C23H27FN4O. The molecule has 0 N–H and O–H groups in total. The molecule has 0 saturated heterocycles. The molecule has 0 bridgehead atoms. The Hall–Kier alpha value is -3.15. The van der Waals surface area contributed by atoms with Crippen molar-refractivity contribution in [2.24, 2.45) is 13.0 Å². The van der Waals surface area contributed by atoms with Crippen LogP contribution in [0.15, 0.2) is 61.1 Å². The normalized spacial score (nSPS) is 11.0. The van der Waals surface area contributed by atoms with Gasteiger partial charge in [0, 0.05) is 38.2 Å². The van der Waals surface area contributed by atoms with E-state index in [1.165, 1.54) is 12.1 Å². The Balaban J connectivity index is 1.90. The summed E-state index contributed by atoms with van der Waals surface area (Å²) in [6.07, 6.45) is 3.62. The van der Waals surface area contributed by atoms with E-state index in [1.807, 2.05) is 63.0 Å². The molecule has 0 saturated carbocycles. The molecule has 0 spiro atoms. The Kier molecular flexibility index (Phi) is 6.32. The third-order valence-electron chi connectivity index (χ3n) is 4.79. The first-order valence-corrected chi connectivity index (χ1v) is 9.69. The lowest BCUT2D eigenvalue weighted by Gasteiger charge is -2.27. The summed E-state index contributed by atoms with van der Waals surface area (Å²) >= 11 is 0. The highest BCUT2D eigenvalue weighted by Gasteiger charge is 2.22. The summed E-state index contributed by atoms with van der Waals surface area (Å²) in [5.41, 5.74) is 2.89. The van der Waals surface area contributed by atoms with Crippen LogP contribution in [0.4, 0.5) is 15.8 Å². The molecular weight excluding hydrogens is 367 g/mol. The number of anilines is 2. The first kappa shape index (κ1) is 20.6. The summed E-state index contributed by atoms with van der Waals surface area (Å²) in [5, 5.41) is 0. The molecule has 1 aromatic heterocycles. The number of aryl methyl sites for hydroxylation is 1. The van der Waals surface area contributed by atoms with Crippen LogP contribution in [0.2, 0.25) is 0 Å². The number of halogens is 1. The molecule has 0 aliphatic rings. The van der Waals surface area contributed by atoms with Crippen LogP contribution in [0.5, 0.6) is 0 Å². The summed E-state index contributed by atoms with van der Waals surface area (Å²) in [6.45, 7) is 5.27. The SMILES string of the molecule is CC(C)CN(C(=O)c1ccccc1F)c1cccc(N(C)Cc2cncn2C)c1. The lowest BCUT2D eigenvalue weighted by atomic mass is 10.1. The molecule has 152 valence electrons. The second-order valence-electron chi connectivity index (χ2n) is 7.66. The van der Waals surface area contributed by atoms with Crippen LogP contribution in [0.25, 0.3) is 0 Å². The predicted octanol–water partition coefficient (Wildman–Crippen LogP) is 4.50. The number of hydrogen-bond donors (Lipinski definition) is 0. The Labute approximate surface area is 171 Å². The largest absolute Gasteiger partial charge is 0.369 e. The van der Waals surface area contributed by atoms with Gasteiger partial charge in [-0.2, -0.15) is 0 Å². The number of amides is 1. The second-order valence-corrected chi connectivity index (χ2v) is 7.66. The molecule has 1 amide bonds. The Morgan fingerprint density at radius 3 is 2.52 bits per heavy atom. The number of hydrogen-bond acceptors (Lipinski definition) is 3. The molecule has 29 heavy (non-hydrogen) atoms. The van der Waals surface area contributed by atoms with Crippen LogP contribution in [0.3, 0.4) is 0 Å². The van der Waals surface area contributed by atoms with Crippen molar-refractivity contribution in [2.75, 3.05) is 23.4 Å². The summed E-state index contributed by atoms with van der Waals surface area (Å²) < 4.78 is 16.2. The Morgan fingerprint density at radius 1 is 1.14 bits per heavy atom. The predicted molar refractivity (Wildman–Crippen MR) is 115 cm³/mol. The van der Waals surface area contributed by atoms with E-state index >= 15 is 0 Å². The fourth-order valence-corrected chi connectivity index (χ4v) is 3.22. The van der Waals surface area contributed by atoms with Crippen molar-refractivity contribution < 1.29 is 9.18 Å². The number of rotatable bonds is 7. The van der Waals surface area contributed by atoms with Crippen molar-refractivity contribution in [3.05, 3.63) is 78.1 Å². The van der Waals surface area contributed by atoms with Gasteiger partial charge in [-0.15, -0.1) is 0 Å². The van der Waals surface area contributed by atoms with Crippen molar-refractivity contribution >= 4 is 17.3 Å². The van der Waals surface area contributed by atoms with E-state index in [2.05, 4.69) is 9.88 Å². The average molecular weight is 394 g/mol. The topological polar surface area (TPSA) is 41.4 Å². The minimum Gasteiger partial charge on any atom is -0.369 e. The van der Waals surface area contributed by atoms with Crippen molar-refractivity contribution in [2.45, 2.75) is 20.4 Å². The molecule has 5 nitrogen and oxygen atoms in total. The lowest BCUT2D eigenvalue weighted by Crippen LogP contribution is -2.35. The molecule has 0 aliphatic carbocycles. The number of nitrogens with zero attached hydrogens (tertiary/aromatic N) is 4. The minimum absolute atomic E-state index is 0.0850. The Morgan fingerprint density at radius 2 is 1.86 bits per heavy atom. The fraction of sp³-hybridized carbons (Fsp3) is 0.304. The van der Waals surface area contributed by atoms with E-state index in [-0.39, 0.29) is 17.4 Å². The van der Waals surface area contributed by atoms with E-state index in [1.54, 1.807) is 23.4 Å². The number of imidazole rings is 1. The zero-order chi connectivity index (χ0) is 21.0. The Bertz CT molecular complexity index is 982. The van der Waals surface area contributed by atoms with E-state index in [4.69, 9.17) is 0 Å². The molecule has 0 aliphatic heterocycles. The van der Waals surface area contributed by atoms with Gasteiger partial charge in [-0.25, -0.2) is 9.37 Å². The first-order valence-electron chi connectivity index (χ1n) is 9.69. The molecule has 3 rings (SSSR count). The van der Waals surface area contributed by atoms with Gasteiger partial charge in [0.15, 0.2) is 0 Å². The smallest absolute Gasteiger partial charge is 0.261 e. The zero-order valence-electron chi connectivity index (χ0n) is 17.3. The van der Waals surface area contributed by atoms with Gasteiger partial charge in [0.1, 0.15) is 5.82 Å². The van der Waals surface area contributed by atoms with Crippen LogP contribution < -0.4 is 9.80 Å². The molecule has 2 aromatic carbocycles. The van der Waals surface area contributed by atoms with E-state index in [0.717, 1.165) is 17.1 Å². The fourth-order valence-electron chi connectivity index (χ4n) is 3.22. The third kappa shape index (κ3) is 4.83. The van der Waals surface area contributed by atoms with Crippen molar-refractivity contribution in [1.29, 1.82) is 0 Å². The van der Waals surface area contributed by atoms with Crippen LogP contribution in [-0.2, 0) is 13.6 Å². The third-order valence-corrected chi connectivity index (χ3v) is 4.79. The molecule has 0 fully saturated rings. The summed E-state index contributed by atoms with van der Waals surface area (Å²) in [7, 11) is 3.96. The second kappa shape index (κ2) is 8.90. The molecule has 0 atom stereocenters. The summed E-state index contributed by atoms with van der Waals surface area (Å²) in [6, 6.07) is 13.9. The van der Waals surface area contributed by atoms with E-state index < -0.39 is 5.82 Å². The number of carbonyl (C=O) groups excluding carboxylic acids is 1. The highest BCUT2D eigenvalue weighted by atomic mass is 19.1. The number of benzene rings is 2. The van der Waals surface area contributed by atoms with Gasteiger partial charge >= 0.3 is 0 Å². The zero-order valence-corrected chi connectivity index (χ0v) is 17.3. The highest BCUT2D eigenvalue weighted by molar-refractivity contribution is 6.06. The first-order chi connectivity index (χ1) is 13.9. The number of aromatic nitrogens is 2. The van der Waals surface area contributed by atoms with Crippen molar-refractivity contribution in [1.82, 2.24) is 9.55 Å². The minimum atomic E-state index is -0.504. The van der Waals surface area contributed by atoms with Crippen LogP contribution >= 0.6 is 0 Å². The summed E-state index contributed by atoms with van der Waals surface area (Å²) in [5.74, 6) is -0.597. The van der Waals surface area contributed by atoms with Crippen LogP contribution in [0, 0.1) is 11.7 Å². The van der Waals surface area contributed by atoms with E-state index in [0.29, 0.717) is 13.1 Å². The maximum atomic E-state index is 14.2. The summed E-state index contributed by atoms with van der Waals surface area (Å²) in [4.78, 5) is 21.1. The van der Waals surface area contributed by atoms with Crippen LogP contribution in [-0.4, -0.2) is 29.1 Å². The van der Waals surface area contributed by atoms with Crippen molar-refractivity contribution in [3.63, 3.8) is 0 Å². The molecule has 3 aromatic rings. The van der Waals surface area contributed by atoms with Gasteiger partial charge < -0.3 is 14.4 Å². The average Bonchev–Trinajstić information content (AvgIpc) is 3.10. The molecule has 0 radical (unpaired) electrons.